The highest BCUT2D eigenvalue weighted by molar-refractivity contribution is 6.64. The lowest BCUT2D eigenvalue weighted by Gasteiger charge is -2.22. The van der Waals surface area contributed by atoms with Crippen LogP contribution in [0.5, 0.6) is 5.75 Å². The Hall–Kier alpha value is -2.87. The van der Waals surface area contributed by atoms with Crippen molar-refractivity contribution < 1.29 is 28.0 Å². The highest BCUT2D eigenvalue weighted by Gasteiger charge is 2.33. The van der Waals surface area contributed by atoms with Gasteiger partial charge in [0.1, 0.15) is 17.7 Å². The molecule has 0 bridgehead atoms. The van der Waals surface area contributed by atoms with Crippen molar-refractivity contribution in [3.63, 3.8) is 0 Å². The summed E-state index contributed by atoms with van der Waals surface area (Å²) in [5.41, 5.74) is 1.37. The van der Waals surface area contributed by atoms with E-state index >= 15 is 0 Å². The molecule has 2 aromatic carbocycles. The first kappa shape index (κ1) is 18.9. The minimum absolute atomic E-state index is 0.0159. The van der Waals surface area contributed by atoms with Crippen LogP contribution in [0.3, 0.4) is 0 Å². The topological polar surface area (TPSA) is 65.1 Å². The predicted molar refractivity (Wildman–Crippen MR) is 97.0 cm³/mol. The molecular weight excluding hydrogens is 352 g/mol. The molecule has 1 fully saturated rings. The van der Waals surface area contributed by atoms with E-state index in [0.29, 0.717) is 11.2 Å². The van der Waals surface area contributed by atoms with Crippen molar-refractivity contribution in [2.45, 2.75) is 13.0 Å². The minimum atomic E-state index is -1.08. The molecule has 27 heavy (non-hydrogen) atoms. The third kappa shape index (κ3) is 5.07. The molecule has 0 amide bonds. The summed E-state index contributed by atoms with van der Waals surface area (Å²) in [6.07, 6.45) is -0.274. The molecule has 0 radical (unpaired) electrons. The zero-order valence-corrected chi connectivity index (χ0v) is 15.1. The van der Waals surface area contributed by atoms with Crippen molar-refractivity contribution in [2.75, 3.05) is 20.1 Å². The van der Waals surface area contributed by atoms with E-state index in [4.69, 9.17) is 14.0 Å². The van der Waals surface area contributed by atoms with E-state index in [1.165, 1.54) is 17.0 Å². The van der Waals surface area contributed by atoms with Crippen LogP contribution in [-0.4, -0.2) is 44.1 Å². The maximum atomic E-state index is 13.0. The second-order valence-electron chi connectivity index (χ2n) is 6.36. The number of hydrogen-bond donors (Lipinski definition) is 0. The van der Waals surface area contributed by atoms with Gasteiger partial charge in [0.05, 0.1) is 13.1 Å². The maximum Gasteiger partial charge on any atom is 0.636 e. The van der Waals surface area contributed by atoms with E-state index in [1.54, 1.807) is 43.4 Å². The highest BCUT2D eigenvalue weighted by atomic mass is 19.1. The maximum absolute atomic E-state index is 13.0. The standard InChI is InChI=1S/C19H19BFNO5/c1-13(14-3-7-16(21)8-4-14)25-17-9-5-15(6-10-17)20-26-18(23)11-22(2)12-19(24)27-20/h3-10,13H,11-12H2,1-2H3. The lowest BCUT2D eigenvalue weighted by atomic mass is 9.78. The summed E-state index contributed by atoms with van der Waals surface area (Å²) in [4.78, 5) is 25.2. The molecule has 1 atom stereocenters. The van der Waals surface area contributed by atoms with E-state index in [0.717, 1.165) is 5.56 Å². The molecule has 6 nitrogen and oxygen atoms in total. The van der Waals surface area contributed by atoms with Crippen LogP contribution in [0.15, 0.2) is 48.5 Å². The molecule has 140 valence electrons. The molecular formula is C19H19BFNO5. The van der Waals surface area contributed by atoms with Gasteiger partial charge >= 0.3 is 19.1 Å². The Morgan fingerprint density at radius 2 is 1.56 bits per heavy atom. The average molecular weight is 371 g/mol. The third-order valence-corrected chi connectivity index (χ3v) is 4.08. The summed E-state index contributed by atoms with van der Waals surface area (Å²) in [6.45, 7) is 1.89. The van der Waals surface area contributed by atoms with Crippen LogP contribution in [-0.2, 0) is 18.9 Å². The van der Waals surface area contributed by atoms with Gasteiger partial charge in [0, 0.05) is 5.46 Å². The van der Waals surface area contributed by atoms with Crippen LogP contribution in [0.25, 0.3) is 0 Å². The van der Waals surface area contributed by atoms with Crippen LogP contribution < -0.4 is 10.2 Å². The Bertz CT molecular complexity index is 792. The van der Waals surface area contributed by atoms with Crippen LogP contribution >= 0.6 is 0 Å². The van der Waals surface area contributed by atoms with E-state index in [2.05, 4.69) is 0 Å². The van der Waals surface area contributed by atoms with E-state index in [9.17, 15) is 14.0 Å². The minimum Gasteiger partial charge on any atom is -0.494 e. The quantitative estimate of drug-likeness (QED) is 0.763. The van der Waals surface area contributed by atoms with Crippen LogP contribution in [0, 0.1) is 5.82 Å². The summed E-state index contributed by atoms with van der Waals surface area (Å²) in [6, 6.07) is 12.8. The fourth-order valence-corrected chi connectivity index (χ4v) is 2.68. The third-order valence-electron chi connectivity index (χ3n) is 4.08. The Morgan fingerprint density at radius 1 is 1.00 bits per heavy atom. The molecule has 0 aliphatic carbocycles. The second kappa shape index (κ2) is 8.22. The molecule has 0 saturated carbocycles. The molecule has 1 heterocycles. The highest BCUT2D eigenvalue weighted by Crippen LogP contribution is 2.21. The number of nitrogens with zero attached hydrogens (tertiary/aromatic N) is 1. The molecule has 0 aromatic heterocycles. The molecule has 1 aliphatic heterocycles. The van der Waals surface area contributed by atoms with Crippen LogP contribution in [0.2, 0.25) is 0 Å². The Morgan fingerprint density at radius 3 is 2.11 bits per heavy atom. The summed E-state index contributed by atoms with van der Waals surface area (Å²) in [7, 11) is 0.555. The van der Waals surface area contributed by atoms with Gasteiger partial charge in [-0.15, -0.1) is 0 Å². The predicted octanol–water partition coefficient (Wildman–Crippen LogP) is 1.69. The van der Waals surface area contributed by atoms with Crippen molar-refractivity contribution in [1.29, 1.82) is 0 Å². The summed E-state index contributed by atoms with van der Waals surface area (Å²) >= 11 is 0. The molecule has 0 spiro atoms. The number of benzene rings is 2. The fourth-order valence-electron chi connectivity index (χ4n) is 2.68. The first-order valence-corrected chi connectivity index (χ1v) is 8.50. The Labute approximate surface area is 157 Å². The first-order chi connectivity index (χ1) is 12.9. The van der Waals surface area contributed by atoms with Gasteiger partial charge in [0.15, 0.2) is 0 Å². The molecule has 8 heteroatoms. The number of hydrogen-bond acceptors (Lipinski definition) is 6. The molecule has 1 aliphatic rings. The smallest absolute Gasteiger partial charge is 0.494 e. The van der Waals surface area contributed by atoms with Gasteiger partial charge < -0.3 is 14.0 Å². The average Bonchev–Trinajstić information content (AvgIpc) is 2.61. The van der Waals surface area contributed by atoms with Gasteiger partial charge in [-0.2, -0.15) is 0 Å². The molecule has 3 rings (SSSR count). The van der Waals surface area contributed by atoms with Crippen molar-refractivity contribution >= 4 is 24.5 Å². The van der Waals surface area contributed by atoms with Crippen molar-refractivity contribution in [3.05, 3.63) is 59.9 Å². The van der Waals surface area contributed by atoms with Crippen molar-refractivity contribution in [2.24, 2.45) is 0 Å². The zero-order valence-electron chi connectivity index (χ0n) is 15.1. The molecule has 2 aromatic rings. The lowest BCUT2D eigenvalue weighted by molar-refractivity contribution is -0.145. The number of carbonyl (C=O) groups is 2. The number of likely N-dealkylation sites (N-methyl/N-ethyl adjacent to an activating group) is 1. The summed E-state index contributed by atoms with van der Waals surface area (Å²) in [5, 5.41) is 0. The monoisotopic (exact) mass is 371 g/mol. The van der Waals surface area contributed by atoms with Gasteiger partial charge in [-0.05, 0) is 43.8 Å². The number of rotatable bonds is 4. The van der Waals surface area contributed by atoms with E-state index < -0.39 is 19.1 Å². The van der Waals surface area contributed by atoms with Gasteiger partial charge in [-0.25, -0.2) is 4.39 Å². The van der Waals surface area contributed by atoms with E-state index in [1.807, 2.05) is 6.92 Å². The molecule has 1 saturated heterocycles. The number of halogens is 1. The largest absolute Gasteiger partial charge is 0.636 e. The van der Waals surface area contributed by atoms with Gasteiger partial charge in [0.25, 0.3) is 0 Å². The van der Waals surface area contributed by atoms with Crippen LogP contribution in [0.1, 0.15) is 18.6 Å². The molecule has 1 unspecified atom stereocenters. The van der Waals surface area contributed by atoms with Crippen LogP contribution in [0.4, 0.5) is 4.39 Å². The van der Waals surface area contributed by atoms with E-state index in [-0.39, 0.29) is 25.0 Å². The Kier molecular flexibility index (Phi) is 5.76. The molecule has 0 N–H and O–H groups in total. The summed E-state index contributed by atoms with van der Waals surface area (Å²) < 4.78 is 29.3. The number of carbonyl (C=O) groups excluding carboxylic acids is 2. The van der Waals surface area contributed by atoms with Gasteiger partial charge in [-0.1, -0.05) is 24.3 Å². The second-order valence-corrected chi connectivity index (χ2v) is 6.36. The summed E-state index contributed by atoms with van der Waals surface area (Å²) in [5.74, 6) is -0.663. The fraction of sp³-hybridized carbons (Fsp3) is 0.263. The normalized spacial score (nSPS) is 16.8. The Balaban J connectivity index is 1.67. The van der Waals surface area contributed by atoms with Crippen molar-refractivity contribution in [3.8, 4) is 5.75 Å². The van der Waals surface area contributed by atoms with Gasteiger partial charge in [-0.3, -0.25) is 14.5 Å². The van der Waals surface area contributed by atoms with Gasteiger partial charge in [0.2, 0.25) is 0 Å². The first-order valence-electron chi connectivity index (χ1n) is 8.50. The SMILES string of the molecule is CC(Oc1ccc(B2OC(=O)CN(C)CC(=O)O2)cc1)c1ccc(F)cc1. The lowest BCUT2D eigenvalue weighted by Crippen LogP contribution is -2.47. The zero-order chi connectivity index (χ0) is 19.4. The van der Waals surface area contributed by atoms with Crippen molar-refractivity contribution in [1.82, 2.24) is 4.90 Å². The number of ether oxygens (including phenoxy) is 1.